The molecule has 1 amide bonds. The molecule has 2 nitrogen and oxygen atoms in total. The summed E-state index contributed by atoms with van der Waals surface area (Å²) in [7, 11) is 0. The fourth-order valence-corrected chi connectivity index (χ4v) is 1.09. The molecule has 0 bridgehead atoms. The summed E-state index contributed by atoms with van der Waals surface area (Å²) in [6.45, 7) is 7.91. The number of rotatable bonds is 2. The summed E-state index contributed by atoms with van der Waals surface area (Å²) < 4.78 is 13.2. The molecule has 0 spiro atoms. The van der Waals surface area contributed by atoms with Crippen molar-refractivity contribution in [1.29, 1.82) is 0 Å². The van der Waals surface area contributed by atoms with Crippen molar-refractivity contribution >= 4 is 5.91 Å². The predicted octanol–water partition coefficient (Wildman–Crippen LogP) is 3.32. The van der Waals surface area contributed by atoms with Gasteiger partial charge in [-0.1, -0.05) is 33.8 Å². The van der Waals surface area contributed by atoms with Gasteiger partial charge in [0.05, 0.1) is 5.56 Å². The van der Waals surface area contributed by atoms with Crippen LogP contribution in [0.4, 0.5) is 4.39 Å². The van der Waals surface area contributed by atoms with Crippen LogP contribution in [0.5, 0.6) is 0 Å². The Morgan fingerprint density at radius 3 is 2.27 bits per heavy atom. The average molecular weight is 213 g/mol. The highest BCUT2D eigenvalue weighted by Crippen LogP contribution is 2.17. The van der Waals surface area contributed by atoms with Crippen molar-refractivity contribution in [1.82, 2.24) is 0 Å². The zero-order chi connectivity index (χ0) is 12.0. The molecule has 0 fully saturated rings. The summed E-state index contributed by atoms with van der Waals surface area (Å²) >= 11 is 0. The van der Waals surface area contributed by atoms with Gasteiger partial charge in [0.15, 0.2) is 0 Å². The highest BCUT2D eigenvalue weighted by atomic mass is 19.1. The molecule has 1 aromatic rings. The first-order valence-corrected chi connectivity index (χ1v) is 5.11. The first kappa shape index (κ1) is 13.6. The Kier molecular flexibility index (Phi) is 5.60. The smallest absolute Gasteiger partial charge is 0.251 e. The molecule has 3 heteroatoms. The van der Waals surface area contributed by atoms with Crippen LogP contribution >= 0.6 is 0 Å². The molecule has 0 unspecified atom stereocenters. The minimum absolute atomic E-state index is 0. The van der Waals surface area contributed by atoms with Crippen LogP contribution in [0.2, 0.25) is 0 Å². The highest BCUT2D eigenvalue weighted by molar-refractivity contribution is 5.93. The van der Waals surface area contributed by atoms with E-state index in [-0.39, 0.29) is 12.9 Å². The molecule has 1 aromatic carbocycles. The number of amides is 1. The quantitative estimate of drug-likeness (QED) is 0.804. The van der Waals surface area contributed by atoms with Gasteiger partial charge in [-0.3, -0.25) is 4.79 Å². The second kappa shape index (κ2) is 6.17. The number of halogens is 1. The largest absolute Gasteiger partial charge is 0.366 e. The minimum atomic E-state index is -0.729. The molecular weight excluding hydrogens is 193 g/mol. The van der Waals surface area contributed by atoms with E-state index in [2.05, 4.69) is 0 Å². The van der Waals surface area contributed by atoms with Gasteiger partial charge in [0.1, 0.15) is 5.82 Å². The molecule has 0 aromatic heterocycles. The zero-order valence-electron chi connectivity index (χ0n) is 9.67. The van der Waals surface area contributed by atoms with Crippen LogP contribution in [0, 0.1) is 5.82 Å². The summed E-state index contributed by atoms with van der Waals surface area (Å²) in [6.07, 6.45) is 0. The lowest BCUT2D eigenvalue weighted by Crippen LogP contribution is -2.13. The maximum absolute atomic E-state index is 13.2. The van der Waals surface area contributed by atoms with E-state index in [1.165, 1.54) is 12.1 Å². The molecule has 0 aliphatic heterocycles. The van der Waals surface area contributed by atoms with E-state index in [4.69, 9.17) is 5.73 Å². The summed E-state index contributed by atoms with van der Waals surface area (Å²) in [5.41, 5.74) is 5.77. The maximum Gasteiger partial charge on any atom is 0.251 e. The Morgan fingerprint density at radius 2 is 1.93 bits per heavy atom. The van der Waals surface area contributed by atoms with Crippen LogP contribution in [0.15, 0.2) is 18.2 Å². The van der Waals surface area contributed by atoms with E-state index in [0.29, 0.717) is 0 Å². The first-order valence-electron chi connectivity index (χ1n) is 5.11. The number of hydrogen-bond acceptors (Lipinski definition) is 1. The van der Waals surface area contributed by atoms with E-state index in [9.17, 15) is 9.18 Å². The van der Waals surface area contributed by atoms with Gasteiger partial charge in [0.25, 0.3) is 5.91 Å². The molecule has 0 aliphatic carbocycles. The standard InChI is InChI=1S/C10H12FNO.C2H6.H2/c1-6(2)7-3-4-8(10(12)13)9(11)5-7;1-2;/h3-6H,1-2H3,(H2,12,13);1-2H3;1H. The lowest BCUT2D eigenvalue weighted by Gasteiger charge is -2.06. The van der Waals surface area contributed by atoms with E-state index in [1.54, 1.807) is 6.07 Å². The number of hydrogen-bond donors (Lipinski definition) is 1. The molecule has 2 N–H and O–H groups in total. The lowest BCUT2D eigenvalue weighted by molar-refractivity contribution is 0.0996. The number of carbonyl (C=O) groups is 1. The van der Waals surface area contributed by atoms with Crippen LogP contribution < -0.4 is 5.73 Å². The number of benzene rings is 1. The van der Waals surface area contributed by atoms with Gasteiger partial charge in [-0.15, -0.1) is 0 Å². The van der Waals surface area contributed by atoms with Crippen molar-refractivity contribution < 1.29 is 10.6 Å². The summed E-state index contributed by atoms with van der Waals surface area (Å²) in [5, 5.41) is 0. The number of nitrogens with two attached hydrogens (primary N) is 1. The Balaban J connectivity index is 0. The van der Waals surface area contributed by atoms with Gasteiger partial charge in [-0.2, -0.15) is 0 Å². The second-order valence-corrected chi connectivity index (χ2v) is 3.26. The monoisotopic (exact) mass is 213 g/mol. The third-order valence-corrected chi connectivity index (χ3v) is 1.93. The van der Waals surface area contributed by atoms with Gasteiger partial charge in [-0.25, -0.2) is 4.39 Å². The normalized spacial score (nSPS) is 9.47. The van der Waals surface area contributed by atoms with Gasteiger partial charge >= 0.3 is 0 Å². The molecule has 0 saturated carbocycles. The van der Waals surface area contributed by atoms with Gasteiger partial charge in [0, 0.05) is 1.43 Å². The van der Waals surface area contributed by atoms with Crippen LogP contribution in [0.3, 0.4) is 0 Å². The van der Waals surface area contributed by atoms with E-state index in [1.807, 2.05) is 27.7 Å². The van der Waals surface area contributed by atoms with Crippen molar-refractivity contribution in [2.45, 2.75) is 33.6 Å². The lowest BCUT2D eigenvalue weighted by atomic mass is 10.0. The second-order valence-electron chi connectivity index (χ2n) is 3.26. The first-order chi connectivity index (χ1) is 7.02. The highest BCUT2D eigenvalue weighted by Gasteiger charge is 2.09. The molecule has 0 heterocycles. The molecule has 1 rings (SSSR count). The Bertz CT molecular complexity index is 340. The van der Waals surface area contributed by atoms with Crippen LogP contribution in [0.25, 0.3) is 0 Å². The molecule has 0 aliphatic rings. The minimum Gasteiger partial charge on any atom is -0.366 e. The molecular formula is C12H20FNO. The van der Waals surface area contributed by atoms with Gasteiger partial charge in [-0.05, 0) is 23.6 Å². The van der Waals surface area contributed by atoms with Crippen molar-refractivity contribution in [3.8, 4) is 0 Å². The number of carbonyl (C=O) groups excluding carboxylic acids is 1. The van der Waals surface area contributed by atoms with E-state index in [0.717, 1.165) is 5.56 Å². The van der Waals surface area contributed by atoms with Gasteiger partial charge < -0.3 is 5.73 Å². The molecule has 0 radical (unpaired) electrons. The van der Waals surface area contributed by atoms with Crippen molar-refractivity contribution in [3.05, 3.63) is 35.1 Å². The Morgan fingerprint density at radius 1 is 1.40 bits per heavy atom. The molecule has 0 saturated heterocycles. The summed E-state index contributed by atoms with van der Waals surface area (Å²) in [5.74, 6) is -1.03. The Hall–Kier alpha value is -1.38. The topological polar surface area (TPSA) is 43.1 Å². The van der Waals surface area contributed by atoms with Crippen LogP contribution in [0.1, 0.15) is 51.0 Å². The number of primary amides is 1. The summed E-state index contributed by atoms with van der Waals surface area (Å²) in [4.78, 5) is 10.7. The van der Waals surface area contributed by atoms with Gasteiger partial charge in [0.2, 0.25) is 0 Å². The zero-order valence-corrected chi connectivity index (χ0v) is 9.67. The van der Waals surface area contributed by atoms with Crippen LogP contribution in [-0.2, 0) is 0 Å². The Labute approximate surface area is 91.8 Å². The summed E-state index contributed by atoms with van der Waals surface area (Å²) in [6, 6.07) is 4.49. The fourth-order valence-electron chi connectivity index (χ4n) is 1.09. The SMILES string of the molecule is CC.CC(C)c1ccc(C(N)=O)c(F)c1.[HH]. The van der Waals surface area contributed by atoms with Crippen molar-refractivity contribution in [2.75, 3.05) is 0 Å². The van der Waals surface area contributed by atoms with Crippen molar-refractivity contribution in [3.63, 3.8) is 0 Å². The molecule has 0 atom stereocenters. The third-order valence-electron chi connectivity index (χ3n) is 1.93. The molecule has 86 valence electrons. The van der Waals surface area contributed by atoms with Crippen LogP contribution in [-0.4, -0.2) is 5.91 Å². The maximum atomic E-state index is 13.2. The third kappa shape index (κ3) is 3.70. The molecule has 15 heavy (non-hydrogen) atoms. The predicted molar refractivity (Wildman–Crippen MR) is 62.5 cm³/mol. The fraction of sp³-hybridized carbons (Fsp3) is 0.417. The average Bonchev–Trinajstić information content (AvgIpc) is 2.20. The van der Waals surface area contributed by atoms with Crippen molar-refractivity contribution in [2.24, 2.45) is 5.73 Å². The van der Waals surface area contributed by atoms with E-state index < -0.39 is 11.7 Å². The van der Waals surface area contributed by atoms with E-state index >= 15 is 0 Å².